The molecule has 0 unspecified atom stereocenters. The minimum absolute atomic E-state index is 0.495. The molecular formula is C55H33NO2S. The Kier molecular flexibility index (Phi) is 6.81. The van der Waals surface area contributed by atoms with E-state index in [9.17, 15) is 0 Å². The first-order valence-electron chi connectivity index (χ1n) is 20.1. The normalized spacial score (nSPS) is 13.4. The third-order valence-corrected chi connectivity index (χ3v) is 13.7. The molecule has 1 aliphatic carbocycles. The first-order chi connectivity index (χ1) is 29.3. The molecule has 0 amide bonds. The van der Waals surface area contributed by atoms with Crippen molar-refractivity contribution >= 4 is 70.5 Å². The van der Waals surface area contributed by atoms with E-state index in [1.165, 1.54) is 53.6 Å². The van der Waals surface area contributed by atoms with Crippen LogP contribution in [0.15, 0.2) is 205 Å². The zero-order chi connectivity index (χ0) is 38.7. The summed E-state index contributed by atoms with van der Waals surface area (Å²) < 4.78 is 15.8. The molecule has 1 aliphatic heterocycles. The van der Waals surface area contributed by atoms with Gasteiger partial charge in [-0.1, -0.05) is 140 Å². The molecule has 0 saturated heterocycles. The number of furan rings is 1. The van der Waals surface area contributed by atoms with Crippen LogP contribution in [0.25, 0.3) is 64.4 Å². The summed E-state index contributed by atoms with van der Waals surface area (Å²) in [4.78, 5) is 2.37. The van der Waals surface area contributed by atoms with E-state index in [-0.39, 0.29) is 0 Å². The lowest BCUT2D eigenvalue weighted by molar-refractivity contribution is 0.442. The molecule has 0 bridgehead atoms. The lowest BCUT2D eigenvalue weighted by Gasteiger charge is -2.39. The van der Waals surface area contributed by atoms with Crippen LogP contribution in [0.2, 0.25) is 0 Å². The van der Waals surface area contributed by atoms with Gasteiger partial charge in [0.25, 0.3) is 0 Å². The molecule has 0 radical (unpaired) electrons. The summed E-state index contributed by atoms with van der Waals surface area (Å²) in [5.74, 6) is 1.86. The van der Waals surface area contributed by atoms with Gasteiger partial charge in [-0.15, -0.1) is 11.3 Å². The number of hydrogen-bond donors (Lipinski definition) is 0. The average molecular weight is 772 g/mol. The second-order valence-corrected chi connectivity index (χ2v) is 16.6. The second kappa shape index (κ2) is 12.3. The van der Waals surface area contributed by atoms with Gasteiger partial charge in [0.1, 0.15) is 22.7 Å². The Balaban J connectivity index is 1.00. The second-order valence-electron chi connectivity index (χ2n) is 15.5. The molecule has 59 heavy (non-hydrogen) atoms. The lowest BCUT2D eigenvalue weighted by atomic mass is 9.66. The zero-order valence-corrected chi connectivity index (χ0v) is 32.5. The van der Waals surface area contributed by atoms with Gasteiger partial charge in [0, 0.05) is 59.0 Å². The smallest absolute Gasteiger partial charge is 0.141 e. The predicted octanol–water partition coefficient (Wildman–Crippen LogP) is 15.6. The highest BCUT2D eigenvalue weighted by Crippen LogP contribution is 2.63. The highest BCUT2D eigenvalue weighted by molar-refractivity contribution is 7.26. The van der Waals surface area contributed by atoms with Gasteiger partial charge in [0.2, 0.25) is 0 Å². The van der Waals surface area contributed by atoms with Gasteiger partial charge in [-0.05, 0) is 88.5 Å². The molecule has 9 aromatic carbocycles. The van der Waals surface area contributed by atoms with Gasteiger partial charge in [-0.3, -0.25) is 0 Å². The van der Waals surface area contributed by atoms with Gasteiger partial charge in [-0.2, -0.15) is 0 Å². The van der Waals surface area contributed by atoms with Crippen LogP contribution in [0.3, 0.4) is 0 Å². The minimum Gasteiger partial charge on any atom is -0.456 e. The lowest BCUT2D eigenvalue weighted by Crippen LogP contribution is -2.32. The van der Waals surface area contributed by atoms with Crippen LogP contribution in [-0.4, -0.2) is 0 Å². The Bertz CT molecular complexity index is 3460. The van der Waals surface area contributed by atoms with Gasteiger partial charge in [0.15, 0.2) is 0 Å². The van der Waals surface area contributed by atoms with Crippen molar-refractivity contribution in [3.05, 3.63) is 222 Å². The first-order valence-corrected chi connectivity index (χ1v) is 20.9. The summed E-state index contributed by atoms with van der Waals surface area (Å²) in [7, 11) is 0. The summed E-state index contributed by atoms with van der Waals surface area (Å²) >= 11 is 1.83. The average Bonchev–Trinajstić information content (AvgIpc) is 3.96. The fourth-order valence-corrected chi connectivity index (χ4v) is 11.3. The van der Waals surface area contributed by atoms with E-state index in [4.69, 9.17) is 9.15 Å². The van der Waals surface area contributed by atoms with Crippen LogP contribution in [0.5, 0.6) is 11.5 Å². The highest BCUT2D eigenvalue weighted by Gasteiger charge is 2.51. The summed E-state index contributed by atoms with van der Waals surface area (Å²) in [5, 5.41) is 4.59. The van der Waals surface area contributed by atoms with Crippen molar-refractivity contribution in [1.82, 2.24) is 0 Å². The standard InChI is InChI=1S/C55H33NO2S/c1-2-14-35(15-3-1)56(36-27-30-49-42(33-36)40-19-7-12-24-48(40)57-49)47-23-11-6-16-37(47)34-26-28-41-52(32-34)59-51-31-29-46-54(53(41)51)58-50-25-13-10-22-45(50)55(46)43-20-8-4-17-38(43)39-18-5-9-21-44(39)55/h1-33H. The van der Waals surface area contributed by atoms with Crippen LogP contribution in [-0.2, 0) is 5.41 Å². The molecule has 3 nitrogen and oxygen atoms in total. The van der Waals surface area contributed by atoms with Crippen molar-refractivity contribution < 1.29 is 9.15 Å². The Labute approximate surface area is 344 Å². The maximum absolute atomic E-state index is 7.08. The molecule has 3 heterocycles. The van der Waals surface area contributed by atoms with E-state index >= 15 is 0 Å². The van der Waals surface area contributed by atoms with Crippen molar-refractivity contribution in [2.45, 2.75) is 5.41 Å². The molecule has 11 aromatic rings. The summed E-state index contributed by atoms with van der Waals surface area (Å²) in [6.45, 7) is 0. The number of fused-ring (bicyclic) bond motifs is 16. The number of benzene rings is 9. The molecule has 0 fully saturated rings. The van der Waals surface area contributed by atoms with Crippen LogP contribution in [0, 0.1) is 0 Å². The third kappa shape index (κ3) is 4.52. The Hall–Kier alpha value is -7.40. The Morgan fingerprint density at radius 3 is 1.93 bits per heavy atom. The van der Waals surface area contributed by atoms with Crippen molar-refractivity contribution in [1.29, 1.82) is 0 Å². The Morgan fingerprint density at radius 1 is 0.424 bits per heavy atom. The zero-order valence-electron chi connectivity index (χ0n) is 31.7. The fraction of sp³-hybridized carbons (Fsp3) is 0.0182. The molecule has 4 heteroatoms. The van der Waals surface area contributed by atoms with Gasteiger partial charge >= 0.3 is 0 Å². The van der Waals surface area contributed by atoms with Gasteiger partial charge in [-0.25, -0.2) is 0 Å². The maximum Gasteiger partial charge on any atom is 0.141 e. The van der Waals surface area contributed by atoms with Crippen molar-refractivity contribution in [2.24, 2.45) is 0 Å². The van der Waals surface area contributed by atoms with Gasteiger partial charge in [0.05, 0.1) is 11.1 Å². The highest BCUT2D eigenvalue weighted by atomic mass is 32.1. The molecule has 2 aromatic heterocycles. The number of nitrogens with zero attached hydrogens (tertiary/aromatic N) is 1. The van der Waals surface area contributed by atoms with Crippen LogP contribution in [0.4, 0.5) is 17.1 Å². The van der Waals surface area contributed by atoms with E-state index in [2.05, 4.69) is 193 Å². The van der Waals surface area contributed by atoms with Crippen molar-refractivity contribution in [3.8, 4) is 33.8 Å². The minimum atomic E-state index is -0.495. The third-order valence-electron chi connectivity index (χ3n) is 12.5. The van der Waals surface area contributed by atoms with Crippen LogP contribution in [0.1, 0.15) is 22.3 Å². The van der Waals surface area contributed by atoms with Gasteiger partial charge < -0.3 is 14.1 Å². The van der Waals surface area contributed by atoms with Crippen LogP contribution >= 0.6 is 11.3 Å². The molecule has 2 aliphatic rings. The molecular weight excluding hydrogens is 739 g/mol. The predicted molar refractivity (Wildman–Crippen MR) is 244 cm³/mol. The van der Waals surface area contributed by atoms with E-state index in [1.54, 1.807) is 0 Å². The maximum atomic E-state index is 7.08. The molecule has 0 saturated carbocycles. The number of rotatable bonds is 4. The SMILES string of the molecule is c1ccc(N(c2ccc3oc4ccccc4c3c2)c2ccccc2-c2ccc3c(c2)sc2ccc4c(c23)Oc2ccccc2C42c3ccccc3-c3ccccc32)cc1. The molecule has 13 rings (SSSR count). The molecule has 0 N–H and O–H groups in total. The van der Waals surface area contributed by atoms with E-state index < -0.39 is 5.41 Å². The summed E-state index contributed by atoms with van der Waals surface area (Å²) in [6.07, 6.45) is 0. The number of para-hydroxylation sites is 4. The van der Waals surface area contributed by atoms with E-state index in [0.717, 1.165) is 61.6 Å². The monoisotopic (exact) mass is 771 g/mol. The summed E-state index contributed by atoms with van der Waals surface area (Å²) in [6, 6.07) is 72.3. The number of anilines is 3. The molecule has 276 valence electrons. The molecule has 0 atom stereocenters. The number of ether oxygens (including phenoxy) is 1. The van der Waals surface area contributed by atoms with Crippen molar-refractivity contribution in [3.63, 3.8) is 0 Å². The topological polar surface area (TPSA) is 25.6 Å². The van der Waals surface area contributed by atoms with E-state index in [0.29, 0.717) is 0 Å². The quantitative estimate of drug-likeness (QED) is 0.178. The van der Waals surface area contributed by atoms with Crippen molar-refractivity contribution in [2.75, 3.05) is 4.90 Å². The summed E-state index contributed by atoms with van der Waals surface area (Å²) in [5.41, 5.74) is 14.4. The largest absolute Gasteiger partial charge is 0.456 e. The van der Waals surface area contributed by atoms with Crippen LogP contribution < -0.4 is 9.64 Å². The fourth-order valence-electron chi connectivity index (χ4n) is 10.1. The number of hydrogen-bond acceptors (Lipinski definition) is 4. The molecule has 1 spiro atoms. The first kappa shape index (κ1) is 32.7. The Morgan fingerprint density at radius 2 is 1.10 bits per heavy atom. The number of thiophene rings is 1. The van der Waals surface area contributed by atoms with E-state index in [1.807, 2.05) is 23.5 Å².